The highest BCUT2D eigenvalue weighted by Crippen LogP contribution is 2.37. The van der Waals surface area contributed by atoms with Crippen molar-refractivity contribution in [3.05, 3.63) is 54.1 Å². The molecule has 1 fully saturated rings. The van der Waals surface area contributed by atoms with Gasteiger partial charge in [-0.25, -0.2) is 4.98 Å². The van der Waals surface area contributed by atoms with E-state index in [1.807, 2.05) is 39.9 Å². The Balaban J connectivity index is 1.39. The quantitative estimate of drug-likeness (QED) is 0.743. The minimum atomic E-state index is -0.469. The van der Waals surface area contributed by atoms with Gasteiger partial charge in [-0.1, -0.05) is 18.2 Å². The number of nitrogens with one attached hydrogen (secondary N) is 1. The lowest BCUT2D eigenvalue weighted by Gasteiger charge is -2.44. The van der Waals surface area contributed by atoms with Crippen molar-refractivity contribution in [3.8, 4) is 0 Å². The van der Waals surface area contributed by atoms with Crippen LogP contribution in [-0.4, -0.2) is 51.6 Å². The zero-order chi connectivity index (χ0) is 19.4. The Morgan fingerprint density at radius 3 is 2.82 bits per heavy atom. The maximum atomic E-state index is 13.0. The number of ether oxygens (including phenoxy) is 1. The number of fused-ring (bicyclic) bond motifs is 1. The van der Waals surface area contributed by atoms with Gasteiger partial charge in [0, 0.05) is 50.8 Å². The van der Waals surface area contributed by atoms with Crippen LogP contribution in [0.3, 0.4) is 0 Å². The van der Waals surface area contributed by atoms with Crippen LogP contribution in [0.25, 0.3) is 0 Å². The highest BCUT2D eigenvalue weighted by Gasteiger charge is 2.45. The first kappa shape index (κ1) is 18.7. The van der Waals surface area contributed by atoms with Crippen molar-refractivity contribution in [3.63, 3.8) is 0 Å². The Morgan fingerprint density at radius 1 is 1.25 bits per heavy atom. The van der Waals surface area contributed by atoms with E-state index in [1.165, 1.54) is 0 Å². The fraction of sp³-hybridized carbons (Fsp3) is 0.476. The predicted octanol–water partition coefficient (Wildman–Crippen LogP) is 1.98. The van der Waals surface area contributed by atoms with Crippen LogP contribution in [0.1, 0.15) is 41.6 Å². The number of carbonyl (C=O) groups excluding carboxylic acids is 2. The van der Waals surface area contributed by atoms with Crippen molar-refractivity contribution in [2.24, 2.45) is 0 Å². The minimum absolute atomic E-state index is 0.00344. The predicted molar refractivity (Wildman–Crippen MR) is 104 cm³/mol. The lowest BCUT2D eigenvalue weighted by molar-refractivity contribution is -0.125. The van der Waals surface area contributed by atoms with E-state index in [0.29, 0.717) is 45.6 Å². The fourth-order valence-corrected chi connectivity index (χ4v) is 4.20. The summed E-state index contributed by atoms with van der Waals surface area (Å²) in [4.78, 5) is 31.6. The van der Waals surface area contributed by atoms with E-state index in [-0.39, 0.29) is 11.8 Å². The van der Waals surface area contributed by atoms with Gasteiger partial charge in [-0.15, -0.1) is 0 Å². The van der Waals surface area contributed by atoms with Gasteiger partial charge in [0.05, 0.1) is 18.3 Å². The van der Waals surface area contributed by atoms with Crippen LogP contribution in [0, 0.1) is 0 Å². The number of amides is 2. The van der Waals surface area contributed by atoms with Crippen LogP contribution in [0.2, 0.25) is 0 Å². The summed E-state index contributed by atoms with van der Waals surface area (Å²) in [5, 5.41) is 3.03. The third kappa shape index (κ3) is 3.80. The molecule has 1 aromatic heterocycles. The van der Waals surface area contributed by atoms with E-state index in [4.69, 9.17) is 4.74 Å². The molecular weight excluding hydrogens is 356 g/mol. The number of rotatable bonds is 7. The number of hydrogen-bond acceptors (Lipinski definition) is 4. The molecule has 148 valence electrons. The third-order valence-corrected chi connectivity index (χ3v) is 5.78. The van der Waals surface area contributed by atoms with Crippen molar-refractivity contribution < 1.29 is 14.3 Å². The Hall–Kier alpha value is -2.67. The summed E-state index contributed by atoms with van der Waals surface area (Å²) in [5.41, 5.74) is 1.33. The highest BCUT2D eigenvalue weighted by atomic mass is 16.5. The molecule has 3 heterocycles. The van der Waals surface area contributed by atoms with Gasteiger partial charge in [0.2, 0.25) is 5.91 Å². The summed E-state index contributed by atoms with van der Waals surface area (Å²) in [6.07, 6.45) is 7.97. The molecule has 28 heavy (non-hydrogen) atoms. The third-order valence-electron chi connectivity index (χ3n) is 5.78. The molecule has 2 aliphatic rings. The summed E-state index contributed by atoms with van der Waals surface area (Å²) in [6.45, 7) is 3.15. The van der Waals surface area contributed by atoms with Crippen LogP contribution >= 0.6 is 0 Å². The molecule has 2 aliphatic heterocycles. The first-order valence-electron chi connectivity index (χ1n) is 9.88. The van der Waals surface area contributed by atoms with Crippen LogP contribution in [0.15, 0.2) is 43.0 Å². The largest absolute Gasteiger partial charge is 0.381 e. The van der Waals surface area contributed by atoms with E-state index < -0.39 is 5.54 Å². The molecule has 1 aromatic carbocycles. The lowest BCUT2D eigenvalue weighted by Crippen LogP contribution is -2.54. The maximum absolute atomic E-state index is 13.0. The number of benzene rings is 1. The molecule has 2 amide bonds. The number of carbonyl (C=O) groups is 2. The van der Waals surface area contributed by atoms with E-state index in [9.17, 15) is 9.59 Å². The molecular formula is C21H26N4O3. The number of aryl methyl sites for hydroxylation is 1. The van der Waals surface area contributed by atoms with Gasteiger partial charge in [0.25, 0.3) is 5.91 Å². The summed E-state index contributed by atoms with van der Waals surface area (Å²) in [6, 6.07) is 7.72. The molecule has 2 aromatic rings. The molecule has 7 nitrogen and oxygen atoms in total. The smallest absolute Gasteiger partial charge is 0.254 e. The second kappa shape index (κ2) is 8.14. The minimum Gasteiger partial charge on any atom is -0.381 e. The second-order valence-corrected chi connectivity index (χ2v) is 7.57. The first-order valence-corrected chi connectivity index (χ1v) is 9.88. The molecule has 0 aliphatic carbocycles. The van der Waals surface area contributed by atoms with E-state index in [0.717, 1.165) is 24.1 Å². The number of nitrogens with zero attached hydrogens (tertiary/aromatic N) is 3. The van der Waals surface area contributed by atoms with Gasteiger partial charge in [0.15, 0.2) is 0 Å². The molecule has 4 rings (SSSR count). The maximum Gasteiger partial charge on any atom is 0.254 e. The number of aromatic nitrogens is 2. The molecule has 7 heteroatoms. The molecule has 0 atom stereocenters. The van der Waals surface area contributed by atoms with Crippen LogP contribution in [0.5, 0.6) is 0 Å². The molecule has 0 radical (unpaired) electrons. The van der Waals surface area contributed by atoms with Crippen molar-refractivity contribution in [2.75, 3.05) is 19.8 Å². The normalized spacial score (nSPS) is 18.1. The Labute approximate surface area is 164 Å². The van der Waals surface area contributed by atoms with Gasteiger partial charge in [-0.05, 0) is 30.9 Å². The van der Waals surface area contributed by atoms with Crippen molar-refractivity contribution in [2.45, 2.75) is 44.3 Å². The van der Waals surface area contributed by atoms with Gasteiger partial charge in [-0.3, -0.25) is 9.59 Å². The molecule has 0 spiro atoms. The standard InChI is InChI=1S/C21H26N4O3/c26-19(23-8-3-10-24-11-9-22-16-24)14-21(6-12-28-13-7-21)25-15-17-4-1-2-5-18(17)20(25)27/h1-2,4-5,9,11,16H,3,6-8,10,12-15H2,(H,23,26). The highest BCUT2D eigenvalue weighted by molar-refractivity contribution is 5.99. The van der Waals surface area contributed by atoms with E-state index >= 15 is 0 Å². The fourth-order valence-electron chi connectivity index (χ4n) is 4.20. The summed E-state index contributed by atoms with van der Waals surface area (Å²) in [7, 11) is 0. The summed E-state index contributed by atoms with van der Waals surface area (Å²) < 4.78 is 7.53. The van der Waals surface area contributed by atoms with Crippen LogP contribution < -0.4 is 5.32 Å². The van der Waals surface area contributed by atoms with Crippen molar-refractivity contribution in [1.82, 2.24) is 19.8 Å². The van der Waals surface area contributed by atoms with Crippen LogP contribution in [-0.2, 0) is 22.6 Å². The molecule has 1 N–H and O–H groups in total. The molecule has 0 saturated carbocycles. The topological polar surface area (TPSA) is 76.5 Å². The van der Waals surface area contributed by atoms with Gasteiger partial charge in [0.1, 0.15) is 0 Å². The van der Waals surface area contributed by atoms with E-state index in [2.05, 4.69) is 10.3 Å². The Morgan fingerprint density at radius 2 is 2.07 bits per heavy atom. The molecule has 0 bridgehead atoms. The van der Waals surface area contributed by atoms with Gasteiger partial charge < -0.3 is 19.5 Å². The number of hydrogen-bond donors (Lipinski definition) is 1. The Kier molecular flexibility index (Phi) is 5.43. The average Bonchev–Trinajstić information content (AvgIpc) is 3.35. The summed E-state index contributed by atoms with van der Waals surface area (Å²) in [5.74, 6) is 0.0293. The van der Waals surface area contributed by atoms with Gasteiger partial charge >= 0.3 is 0 Å². The average molecular weight is 382 g/mol. The lowest BCUT2D eigenvalue weighted by atomic mass is 9.84. The monoisotopic (exact) mass is 382 g/mol. The molecule has 0 unspecified atom stereocenters. The van der Waals surface area contributed by atoms with Gasteiger partial charge in [-0.2, -0.15) is 0 Å². The second-order valence-electron chi connectivity index (χ2n) is 7.57. The van der Waals surface area contributed by atoms with E-state index in [1.54, 1.807) is 12.5 Å². The van der Waals surface area contributed by atoms with Crippen molar-refractivity contribution in [1.29, 1.82) is 0 Å². The summed E-state index contributed by atoms with van der Waals surface area (Å²) >= 11 is 0. The van der Waals surface area contributed by atoms with Crippen molar-refractivity contribution >= 4 is 11.8 Å². The first-order chi connectivity index (χ1) is 13.7. The Bertz CT molecular complexity index is 828. The zero-order valence-electron chi connectivity index (χ0n) is 16.0. The van der Waals surface area contributed by atoms with Crippen LogP contribution in [0.4, 0.5) is 0 Å². The zero-order valence-corrected chi connectivity index (χ0v) is 16.0. The SMILES string of the molecule is O=C(CC1(N2Cc3ccccc3C2=O)CCOCC1)NCCCn1ccnc1. The molecule has 1 saturated heterocycles. The number of imidazole rings is 1.